The minimum absolute atomic E-state index is 0.00955. The highest BCUT2D eigenvalue weighted by atomic mass is 19.1. The van der Waals surface area contributed by atoms with Crippen molar-refractivity contribution in [3.8, 4) is 0 Å². The number of hydrogen-bond acceptors (Lipinski definition) is 8. The van der Waals surface area contributed by atoms with Crippen LogP contribution in [0.25, 0.3) is 0 Å². The average molecular weight is 750 g/mol. The van der Waals surface area contributed by atoms with Crippen molar-refractivity contribution in [3.63, 3.8) is 0 Å². The number of halogens is 1. The number of likely N-dealkylation sites (tertiary alicyclic amines) is 1. The molecule has 0 spiro atoms. The number of amides is 4. The van der Waals surface area contributed by atoms with E-state index in [4.69, 9.17) is 9.47 Å². The van der Waals surface area contributed by atoms with Gasteiger partial charge in [-0.25, -0.2) is 9.18 Å². The number of hydrogen-bond donors (Lipinski definition) is 4. The van der Waals surface area contributed by atoms with Crippen molar-refractivity contribution in [3.05, 3.63) is 35.6 Å². The molecule has 13 nitrogen and oxygen atoms in total. The first-order valence-corrected chi connectivity index (χ1v) is 18.8. The number of nitrogens with zero attached hydrogens (tertiary/aromatic N) is 2. The molecule has 0 radical (unpaired) electrons. The van der Waals surface area contributed by atoms with Crippen LogP contribution in [0.4, 0.5) is 4.39 Å². The summed E-state index contributed by atoms with van der Waals surface area (Å²) in [6, 6.07) is 2.02. The SMILES string of the molecule is CC[C@H](C)C(C(CC(=O)N1CCC[C@H]1[C@H](OC)[C@@H](C)C(=O)NC(Cc1cccc(F)c1)C(=O)O)OC)N(C)C(=O)[C@@H](NC(=O)[C@@H](NC)C(C)C)C(C)C. The minimum atomic E-state index is -1.30. The topological polar surface area (TPSA) is 167 Å². The quantitative estimate of drug-likeness (QED) is 0.148. The van der Waals surface area contributed by atoms with E-state index in [9.17, 15) is 33.5 Å². The molecule has 1 saturated heterocycles. The summed E-state index contributed by atoms with van der Waals surface area (Å²) in [5.74, 6) is -4.18. The van der Waals surface area contributed by atoms with Gasteiger partial charge in [-0.3, -0.25) is 19.2 Å². The highest BCUT2D eigenvalue weighted by molar-refractivity contribution is 5.90. The zero-order valence-corrected chi connectivity index (χ0v) is 33.5. The molecular weight excluding hydrogens is 685 g/mol. The third-order valence-electron chi connectivity index (χ3n) is 10.7. The average Bonchev–Trinajstić information content (AvgIpc) is 3.59. The van der Waals surface area contributed by atoms with Gasteiger partial charge in [0.2, 0.25) is 23.6 Å². The van der Waals surface area contributed by atoms with Crippen LogP contribution in [0, 0.1) is 29.5 Å². The molecule has 1 aromatic rings. The van der Waals surface area contributed by atoms with Gasteiger partial charge < -0.3 is 40.3 Å². The van der Waals surface area contributed by atoms with Crippen molar-refractivity contribution in [2.24, 2.45) is 23.7 Å². The van der Waals surface area contributed by atoms with Crippen molar-refractivity contribution >= 4 is 29.6 Å². The smallest absolute Gasteiger partial charge is 0.326 e. The molecule has 4 amide bonds. The van der Waals surface area contributed by atoms with Crippen LogP contribution in [-0.4, -0.2) is 122 Å². The molecule has 1 fully saturated rings. The van der Waals surface area contributed by atoms with Gasteiger partial charge in [0.1, 0.15) is 17.9 Å². The summed E-state index contributed by atoms with van der Waals surface area (Å²) >= 11 is 0. The fraction of sp³-hybridized carbons (Fsp3) is 0.718. The molecule has 4 N–H and O–H groups in total. The summed E-state index contributed by atoms with van der Waals surface area (Å²) in [5.41, 5.74) is 0.426. The molecule has 3 unspecified atom stereocenters. The fourth-order valence-electron chi connectivity index (χ4n) is 7.45. The summed E-state index contributed by atoms with van der Waals surface area (Å²) in [7, 11) is 6.37. The molecule has 300 valence electrons. The third kappa shape index (κ3) is 12.2. The van der Waals surface area contributed by atoms with E-state index in [1.54, 1.807) is 36.9 Å². The number of rotatable bonds is 21. The van der Waals surface area contributed by atoms with Gasteiger partial charge >= 0.3 is 5.97 Å². The van der Waals surface area contributed by atoms with Crippen molar-refractivity contribution in [2.75, 3.05) is 34.9 Å². The van der Waals surface area contributed by atoms with Gasteiger partial charge in [0.15, 0.2) is 0 Å². The van der Waals surface area contributed by atoms with Crippen molar-refractivity contribution in [2.45, 2.75) is 123 Å². The Balaban J connectivity index is 2.27. The summed E-state index contributed by atoms with van der Waals surface area (Å²) in [6.45, 7) is 13.7. The van der Waals surface area contributed by atoms with Crippen LogP contribution in [0.3, 0.4) is 0 Å². The molecule has 1 aromatic carbocycles. The first kappa shape index (κ1) is 45.5. The standard InChI is InChI=1S/C39H64FN5O8/c1-12-24(6)34(44(9)38(49)33(23(4)5)43-37(48)32(41-8)22(2)3)30(52-10)21-31(46)45-18-14-17-29(45)35(53-11)25(7)36(47)42-28(39(50)51)20-26-15-13-16-27(40)19-26/h13,15-16,19,22-25,28-30,32-35,41H,12,14,17-18,20-21H2,1-11H3,(H,42,47)(H,43,48)(H,50,51)/t24-,25+,28?,29-,30?,32-,33-,34?,35+/m0/s1. The minimum Gasteiger partial charge on any atom is -0.480 e. The number of nitrogens with one attached hydrogen (secondary N) is 3. The molecule has 0 aliphatic carbocycles. The van der Waals surface area contributed by atoms with E-state index < -0.39 is 66.0 Å². The molecule has 1 heterocycles. The maximum absolute atomic E-state index is 14.1. The van der Waals surface area contributed by atoms with Crippen LogP contribution < -0.4 is 16.0 Å². The summed E-state index contributed by atoms with van der Waals surface area (Å²) < 4.78 is 25.5. The van der Waals surface area contributed by atoms with E-state index in [1.165, 1.54) is 32.4 Å². The lowest BCUT2D eigenvalue weighted by Gasteiger charge is -2.41. The van der Waals surface area contributed by atoms with E-state index in [2.05, 4.69) is 16.0 Å². The Morgan fingerprint density at radius 3 is 2.13 bits per heavy atom. The largest absolute Gasteiger partial charge is 0.480 e. The van der Waals surface area contributed by atoms with Crippen LogP contribution in [0.2, 0.25) is 0 Å². The summed E-state index contributed by atoms with van der Waals surface area (Å²) in [5, 5.41) is 18.4. The lowest BCUT2D eigenvalue weighted by atomic mass is 9.89. The molecule has 0 saturated carbocycles. The van der Waals surface area contributed by atoms with Gasteiger partial charge in [0, 0.05) is 34.2 Å². The zero-order valence-electron chi connectivity index (χ0n) is 33.5. The molecule has 0 bridgehead atoms. The lowest BCUT2D eigenvalue weighted by molar-refractivity contribution is -0.148. The van der Waals surface area contributed by atoms with E-state index in [0.717, 1.165) is 0 Å². The predicted octanol–water partition coefficient (Wildman–Crippen LogP) is 3.24. The van der Waals surface area contributed by atoms with Gasteiger partial charge in [-0.2, -0.15) is 0 Å². The van der Waals surface area contributed by atoms with E-state index >= 15 is 0 Å². The molecule has 0 aromatic heterocycles. The first-order valence-electron chi connectivity index (χ1n) is 18.8. The number of carbonyl (C=O) groups is 5. The van der Waals surface area contributed by atoms with Gasteiger partial charge in [-0.05, 0) is 55.3 Å². The van der Waals surface area contributed by atoms with Crippen molar-refractivity contribution < 1.29 is 42.9 Å². The number of ether oxygens (including phenoxy) is 2. The monoisotopic (exact) mass is 749 g/mol. The Morgan fingerprint density at radius 1 is 0.981 bits per heavy atom. The van der Waals surface area contributed by atoms with Gasteiger partial charge in [-0.1, -0.05) is 67.0 Å². The molecular formula is C39H64FN5O8. The Bertz CT molecular complexity index is 1380. The zero-order chi connectivity index (χ0) is 40.2. The summed E-state index contributed by atoms with van der Waals surface area (Å²) in [4.78, 5) is 70.2. The number of methoxy groups -OCH3 is 2. The number of aliphatic carboxylic acids is 1. The predicted molar refractivity (Wildman–Crippen MR) is 200 cm³/mol. The van der Waals surface area contributed by atoms with Crippen LogP contribution in [-0.2, 0) is 39.9 Å². The Kier molecular flexibility index (Phi) is 18.3. The molecule has 1 aliphatic heterocycles. The fourth-order valence-corrected chi connectivity index (χ4v) is 7.45. The number of carboxylic acid groups (broad SMARTS) is 1. The second kappa shape index (κ2) is 21.3. The second-order valence-corrected chi connectivity index (χ2v) is 15.1. The Hall–Kier alpha value is -3.62. The highest BCUT2D eigenvalue weighted by Gasteiger charge is 2.43. The first-order chi connectivity index (χ1) is 24.9. The number of carbonyl (C=O) groups excluding carboxylic acids is 4. The summed E-state index contributed by atoms with van der Waals surface area (Å²) in [6.07, 6.45) is 0.360. The maximum Gasteiger partial charge on any atom is 0.326 e. The van der Waals surface area contributed by atoms with Crippen LogP contribution in [0.15, 0.2) is 24.3 Å². The molecule has 9 atom stereocenters. The molecule has 2 rings (SSSR count). The number of carboxylic acids is 1. The Morgan fingerprint density at radius 2 is 1.62 bits per heavy atom. The second-order valence-electron chi connectivity index (χ2n) is 15.1. The molecule has 14 heteroatoms. The van der Waals surface area contributed by atoms with Gasteiger partial charge in [0.25, 0.3) is 0 Å². The van der Waals surface area contributed by atoms with Crippen molar-refractivity contribution in [1.82, 2.24) is 25.8 Å². The van der Waals surface area contributed by atoms with E-state index in [1.807, 2.05) is 41.5 Å². The van der Waals surface area contributed by atoms with E-state index in [0.29, 0.717) is 31.4 Å². The van der Waals surface area contributed by atoms with Crippen LogP contribution >= 0.6 is 0 Å². The van der Waals surface area contributed by atoms with Crippen molar-refractivity contribution in [1.29, 1.82) is 0 Å². The molecule has 53 heavy (non-hydrogen) atoms. The maximum atomic E-state index is 14.1. The number of likely N-dealkylation sites (N-methyl/N-ethyl adjacent to an activating group) is 2. The third-order valence-corrected chi connectivity index (χ3v) is 10.7. The number of benzene rings is 1. The van der Waals surface area contributed by atoms with E-state index in [-0.39, 0.29) is 48.3 Å². The van der Waals surface area contributed by atoms with Crippen LogP contribution in [0.1, 0.15) is 79.7 Å². The normalized spacial score (nSPS) is 19.1. The molecule has 1 aliphatic rings. The van der Waals surface area contributed by atoms with Crippen LogP contribution in [0.5, 0.6) is 0 Å². The van der Waals surface area contributed by atoms with Gasteiger partial charge in [-0.15, -0.1) is 0 Å². The van der Waals surface area contributed by atoms with Gasteiger partial charge in [0.05, 0.1) is 42.7 Å². The lowest BCUT2D eigenvalue weighted by Crippen LogP contribution is -2.59. The Labute approximate surface area is 315 Å². The highest BCUT2D eigenvalue weighted by Crippen LogP contribution is 2.30.